The van der Waals surface area contributed by atoms with Crippen molar-refractivity contribution in [2.75, 3.05) is 0 Å². The second kappa shape index (κ2) is 5.15. The largest absolute Gasteiger partial charge is 0.385 e. The van der Waals surface area contributed by atoms with Crippen molar-refractivity contribution in [1.29, 1.82) is 0 Å². The van der Waals surface area contributed by atoms with E-state index < -0.39 is 5.60 Å². The van der Waals surface area contributed by atoms with Gasteiger partial charge in [-0.3, -0.25) is 0 Å². The molecule has 0 saturated heterocycles. The number of aryl methyl sites for hydroxylation is 1. The van der Waals surface area contributed by atoms with Crippen LogP contribution in [-0.2, 0) is 12.0 Å². The maximum atomic E-state index is 10.4. The van der Waals surface area contributed by atoms with Crippen molar-refractivity contribution < 1.29 is 5.11 Å². The SMILES string of the molecule is CC(O)(CCc1ccccc1)c1ccccc1. The summed E-state index contributed by atoms with van der Waals surface area (Å²) in [6.07, 6.45) is 1.63. The summed E-state index contributed by atoms with van der Waals surface area (Å²) in [5.74, 6) is 0. The van der Waals surface area contributed by atoms with Gasteiger partial charge in [0.15, 0.2) is 0 Å². The molecule has 0 aliphatic heterocycles. The fourth-order valence-corrected chi connectivity index (χ4v) is 1.97. The molecule has 2 aromatic carbocycles. The third kappa shape index (κ3) is 3.18. The molecule has 0 bridgehead atoms. The van der Waals surface area contributed by atoms with Crippen LogP contribution in [0.4, 0.5) is 0 Å². The first-order valence-electron chi connectivity index (χ1n) is 6.00. The minimum atomic E-state index is -0.753. The van der Waals surface area contributed by atoms with Crippen LogP contribution in [0, 0.1) is 0 Å². The Labute approximate surface area is 103 Å². The fourth-order valence-electron chi connectivity index (χ4n) is 1.97. The van der Waals surface area contributed by atoms with E-state index in [0.717, 1.165) is 18.4 Å². The van der Waals surface area contributed by atoms with Crippen molar-refractivity contribution in [2.45, 2.75) is 25.4 Å². The molecule has 0 aliphatic carbocycles. The molecule has 17 heavy (non-hydrogen) atoms. The van der Waals surface area contributed by atoms with E-state index in [1.54, 1.807) is 0 Å². The lowest BCUT2D eigenvalue weighted by Crippen LogP contribution is -2.21. The Morgan fingerprint density at radius 2 is 1.41 bits per heavy atom. The fraction of sp³-hybridized carbons (Fsp3) is 0.250. The lowest BCUT2D eigenvalue weighted by atomic mass is 9.89. The minimum Gasteiger partial charge on any atom is -0.385 e. The normalized spacial score (nSPS) is 14.2. The number of rotatable bonds is 4. The second-order valence-electron chi connectivity index (χ2n) is 4.63. The average Bonchev–Trinajstić information content (AvgIpc) is 2.39. The van der Waals surface area contributed by atoms with Crippen LogP contribution in [0.2, 0.25) is 0 Å². The van der Waals surface area contributed by atoms with Crippen LogP contribution in [0.3, 0.4) is 0 Å². The zero-order valence-corrected chi connectivity index (χ0v) is 10.1. The highest BCUT2D eigenvalue weighted by atomic mass is 16.3. The van der Waals surface area contributed by atoms with Crippen molar-refractivity contribution in [3.8, 4) is 0 Å². The van der Waals surface area contributed by atoms with Gasteiger partial charge in [-0.1, -0.05) is 60.7 Å². The van der Waals surface area contributed by atoms with E-state index in [-0.39, 0.29) is 0 Å². The van der Waals surface area contributed by atoms with E-state index in [4.69, 9.17) is 0 Å². The Hall–Kier alpha value is -1.60. The van der Waals surface area contributed by atoms with Crippen LogP contribution in [0.15, 0.2) is 60.7 Å². The molecule has 1 unspecified atom stereocenters. The van der Waals surface area contributed by atoms with Gasteiger partial charge in [0.05, 0.1) is 5.60 Å². The van der Waals surface area contributed by atoms with E-state index in [9.17, 15) is 5.11 Å². The highest BCUT2D eigenvalue weighted by Crippen LogP contribution is 2.25. The lowest BCUT2D eigenvalue weighted by Gasteiger charge is -2.23. The van der Waals surface area contributed by atoms with Gasteiger partial charge in [0, 0.05) is 0 Å². The van der Waals surface area contributed by atoms with Crippen LogP contribution < -0.4 is 0 Å². The lowest BCUT2D eigenvalue weighted by molar-refractivity contribution is 0.0480. The first-order valence-corrected chi connectivity index (χ1v) is 6.00. The molecule has 1 nitrogen and oxygen atoms in total. The van der Waals surface area contributed by atoms with Gasteiger partial charge in [-0.25, -0.2) is 0 Å². The summed E-state index contributed by atoms with van der Waals surface area (Å²) in [4.78, 5) is 0. The number of hydrogen-bond donors (Lipinski definition) is 1. The number of hydrogen-bond acceptors (Lipinski definition) is 1. The summed E-state index contributed by atoms with van der Waals surface area (Å²) in [5, 5.41) is 10.4. The molecular weight excluding hydrogens is 208 g/mol. The van der Waals surface area contributed by atoms with Gasteiger partial charge in [-0.2, -0.15) is 0 Å². The number of benzene rings is 2. The van der Waals surface area contributed by atoms with Crippen LogP contribution in [-0.4, -0.2) is 5.11 Å². The van der Waals surface area contributed by atoms with E-state index in [2.05, 4.69) is 12.1 Å². The zero-order chi connectivity index (χ0) is 12.1. The number of aliphatic hydroxyl groups is 1. The molecule has 2 aromatic rings. The summed E-state index contributed by atoms with van der Waals surface area (Å²) in [5.41, 5.74) is 1.50. The second-order valence-corrected chi connectivity index (χ2v) is 4.63. The molecule has 1 atom stereocenters. The molecule has 0 aromatic heterocycles. The Morgan fingerprint density at radius 1 is 0.882 bits per heavy atom. The third-order valence-electron chi connectivity index (χ3n) is 3.14. The Balaban J connectivity index is 2.03. The average molecular weight is 226 g/mol. The van der Waals surface area contributed by atoms with Crippen LogP contribution >= 0.6 is 0 Å². The Kier molecular flexibility index (Phi) is 3.60. The first kappa shape index (κ1) is 11.9. The summed E-state index contributed by atoms with van der Waals surface area (Å²) < 4.78 is 0. The van der Waals surface area contributed by atoms with Gasteiger partial charge >= 0.3 is 0 Å². The topological polar surface area (TPSA) is 20.2 Å². The Bertz CT molecular complexity index is 445. The highest BCUT2D eigenvalue weighted by Gasteiger charge is 2.21. The summed E-state index contributed by atoms with van der Waals surface area (Å²) in [6, 6.07) is 20.1. The van der Waals surface area contributed by atoms with Gasteiger partial charge < -0.3 is 5.11 Å². The maximum absolute atomic E-state index is 10.4. The van der Waals surface area contributed by atoms with Gasteiger partial charge in [0.1, 0.15) is 0 Å². The molecule has 1 N–H and O–H groups in total. The molecule has 88 valence electrons. The monoisotopic (exact) mass is 226 g/mol. The van der Waals surface area contributed by atoms with Crippen molar-refractivity contribution in [1.82, 2.24) is 0 Å². The summed E-state index contributed by atoms with van der Waals surface area (Å²) in [6.45, 7) is 1.88. The van der Waals surface area contributed by atoms with Crippen molar-refractivity contribution in [2.24, 2.45) is 0 Å². The molecular formula is C16H18O. The molecule has 0 saturated carbocycles. The molecule has 0 radical (unpaired) electrons. The standard InChI is InChI=1S/C16H18O/c1-16(17,15-10-6-3-7-11-15)13-12-14-8-4-2-5-9-14/h2-11,17H,12-13H2,1H3. The van der Waals surface area contributed by atoms with Crippen molar-refractivity contribution in [3.63, 3.8) is 0 Å². The molecule has 0 heterocycles. The Morgan fingerprint density at radius 3 is 2.00 bits per heavy atom. The van der Waals surface area contributed by atoms with Gasteiger partial charge in [-0.15, -0.1) is 0 Å². The van der Waals surface area contributed by atoms with E-state index in [1.165, 1.54) is 5.56 Å². The zero-order valence-electron chi connectivity index (χ0n) is 10.1. The molecule has 0 spiro atoms. The smallest absolute Gasteiger partial charge is 0.0871 e. The predicted molar refractivity (Wildman–Crippen MR) is 70.8 cm³/mol. The van der Waals surface area contributed by atoms with Crippen LogP contribution in [0.25, 0.3) is 0 Å². The quantitative estimate of drug-likeness (QED) is 0.845. The van der Waals surface area contributed by atoms with Crippen molar-refractivity contribution >= 4 is 0 Å². The van der Waals surface area contributed by atoms with E-state index in [1.807, 2.05) is 55.5 Å². The molecule has 0 amide bonds. The van der Waals surface area contributed by atoms with E-state index >= 15 is 0 Å². The maximum Gasteiger partial charge on any atom is 0.0871 e. The van der Waals surface area contributed by atoms with Crippen molar-refractivity contribution in [3.05, 3.63) is 71.8 Å². The predicted octanol–water partition coefficient (Wildman–Crippen LogP) is 3.53. The van der Waals surface area contributed by atoms with Gasteiger partial charge in [0.2, 0.25) is 0 Å². The molecule has 0 aliphatic rings. The highest BCUT2D eigenvalue weighted by molar-refractivity contribution is 5.22. The molecule has 0 fully saturated rings. The third-order valence-corrected chi connectivity index (χ3v) is 3.14. The van der Waals surface area contributed by atoms with Gasteiger partial charge in [0.25, 0.3) is 0 Å². The minimum absolute atomic E-state index is 0.737. The van der Waals surface area contributed by atoms with Gasteiger partial charge in [-0.05, 0) is 30.9 Å². The van der Waals surface area contributed by atoms with Crippen LogP contribution in [0.1, 0.15) is 24.5 Å². The van der Waals surface area contributed by atoms with Crippen LogP contribution in [0.5, 0.6) is 0 Å². The summed E-state index contributed by atoms with van der Waals surface area (Å²) in [7, 11) is 0. The molecule has 2 rings (SSSR count). The first-order chi connectivity index (χ1) is 8.18. The molecule has 1 heteroatoms. The summed E-state index contributed by atoms with van der Waals surface area (Å²) >= 11 is 0. The van der Waals surface area contributed by atoms with E-state index in [0.29, 0.717) is 0 Å².